The van der Waals surface area contributed by atoms with Crippen LogP contribution in [0, 0.1) is 17.8 Å². The Morgan fingerprint density at radius 3 is 2.76 bits per heavy atom. The first-order valence-electron chi connectivity index (χ1n) is 9.33. The van der Waals surface area contributed by atoms with E-state index in [9.17, 15) is 15.0 Å². The van der Waals surface area contributed by atoms with Crippen LogP contribution in [0.1, 0.15) is 52.9 Å². The number of carbonyl (C=O) groups is 1. The molecule has 2 N–H and O–H groups in total. The van der Waals surface area contributed by atoms with Crippen molar-refractivity contribution in [2.75, 3.05) is 13.2 Å². The molecule has 0 aromatic heterocycles. The Labute approximate surface area is 148 Å². The lowest BCUT2D eigenvalue weighted by Crippen LogP contribution is -2.65. The van der Waals surface area contributed by atoms with Gasteiger partial charge in [-0.2, -0.15) is 0 Å². The van der Waals surface area contributed by atoms with Crippen molar-refractivity contribution in [1.29, 1.82) is 0 Å². The van der Waals surface area contributed by atoms with Crippen LogP contribution in [-0.4, -0.2) is 53.4 Å². The summed E-state index contributed by atoms with van der Waals surface area (Å²) in [5.41, 5.74) is -1.14. The van der Waals surface area contributed by atoms with Crippen LogP contribution in [0.15, 0.2) is 0 Å². The van der Waals surface area contributed by atoms with Crippen molar-refractivity contribution in [3.05, 3.63) is 0 Å². The second-order valence-electron chi connectivity index (χ2n) is 7.76. The third-order valence-corrected chi connectivity index (χ3v) is 6.00. The summed E-state index contributed by atoms with van der Waals surface area (Å²) in [4.78, 5) is 11.6. The smallest absolute Gasteiger partial charge is 0.332 e. The van der Waals surface area contributed by atoms with E-state index in [0.29, 0.717) is 19.4 Å². The van der Waals surface area contributed by atoms with Crippen LogP contribution in [0.25, 0.3) is 0 Å². The molecule has 3 fully saturated rings. The quantitative estimate of drug-likeness (QED) is 0.736. The highest BCUT2D eigenvalue weighted by molar-refractivity contribution is 5.70. The number of hydrogen-bond acceptors (Lipinski definition) is 7. The second-order valence-corrected chi connectivity index (χ2v) is 7.76. The standard InChI is InChI=1S/C18H30O7/c1-4-22-14(19)10-23-15-11(2)13-7-5-6-12-8-9-17(3,20)25-16(24-15)18(12,13)21/h11-13,15-16,20-21H,4-10H2,1-3H3. The van der Waals surface area contributed by atoms with Crippen molar-refractivity contribution < 1.29 is 34.0 Å². The molecule has 3 rings (SSSR count). The Hall–Kier alpha value is -0.730. The summed E-state index contributed by atoms with van der Waals surface area (Å²) in [6.07, 6.45) is 2.25. The van der Waals surface area contributed by atoms with Gasteiger partial charge in [-0.25, -0.2) is 4.79 Å². The molecule has 0 amide bonds. The van der Waals surface area contributed by atoms with E-state index < -0.39 is 29.9 Å². The molecule has 1 saturated carbocycles. The minimum absolute atomic E-state index is 0.0266. The molecule has 7 atom stereocenters. The number of esters is 1. The summed E-state index contributed by atoms with van der Waals surface area (Å²) in [7, 11) is 0. The average Bonchev–Trinajstić information content (AvgIpc) is 2.64. The molecule has 7 unspecified atom stereocenters. The van der Waals surface area contributed by atoms with Crippen LogP contribution in [-0.2, 0) is 23.7 Å². The normalized spacial score (nSPS) is 46.8. The molecule has 7 heteroatoms. The van der Waals surface area contributed by atoms with Gasteiger partial charge in [-0.1, -0.05) is 13.3 Å². The van der Waals surface area contributed by atoms with E-state index in [1.165, 1.54) is 0 Å². The van der Waals surface area contributed by atoms with Crippen LogP contribution in [0.5, 0.6) is 0 Å². The fourth-order valence-corrected chi connectivity index (χ4v) is 4.72. The third kappa shape index (κ3) is 3.57. The van der Waals surface area contributed by atoms with Crippen molar-refractivity contribution in [2.45, 2.75) is 76.8 Å². The Morgan fingerprint density at radius 2 is 2.04 bits per heavy atom. The van der Waals surface area contributed by atoms with Crippen LogP contribution in [0.4, 0.5) is 0 Å². The van der Waals surface area contributed by atoms with E-state index in [4.69, 9.17) is 18.9 Å². The molecule has 2 saturated heterocycles. The van der Waals surface area contributed by atoms with Crippen LogP contribution < -0.4 is 0 Å². The Kier molecular flexibility index (Phi) is 5.42. The molecule has 3 aliphatic rings. The maximum absolute atomic E-state index is 11.6. The average molecular weight is 358 g/mol. The number of aliphatic hydroxyl groups is 2. The van der Waals surface area contributed by atoms with E-state index in [1.54, 1.807) is 13.8 Å². The zero-order valence-corrected chi connectivity index (χ0v) is 15.3. The monoisotopic (exact) mass is 358 g/mol. The van der Waals surface area contributed by atoms with Crippen LogP contribution in [0.2, 0.25) is 0 Å². The van der Waals surface area contributed by atoms with Gasteiger partial charge < -0.3 is 29.2 Å². The first kappa shape index (κ1) is 19.0. The van der Waals surface area contributed by atoms with E-state index in [1.807, 2.05) is 6.92 Å². The maximum atomic E-state index is 11.6. The van der Waals surface area contributed by atoms with Gasteiger partial charge in [0.25, 0.3) is 0 Å². The molecule has 7 nitrogen and oxygen atoms in total. The minimum atomic E-state index is -1.35. The van der Waals surface area contributed by atoms with E-state index >= 15 is 0 Å². The SMILES string of the molecule is CCOC(=O)COC1OC2OC(C)(O)CCC3CCCC(C1C)C32O. The molecular weight excluding hydrogens is 328 g/mol. The molecule has 2 heterocycles. The summed E-state index contributed by atoms with van der Waals surface area (Å²) in [5, 5.41) is 22.0. The van der Waals surface area contributed by atoms with Crippen molar-refractivity contribution in [1.82, 2.24) is 0 Å². The first-order chi connectivity index (χ1) is 11.8. The summed E-state index contributed by atoms with van der Waals surface area (Å²) < 4.78 is 22.2. The zero-order valence-electron chi connectivity index (χ0n) is 15.3. The van der Waals surface area contributed by atoms with Crippen LogP contribution in [0.3, 0.4) is 0 Å². The lowest BCUT2D eigenvalue weighted by Gasteiger charge is -2.55. The number of ether oxygens (including phenoxy) is 4. The van der Waals surface area contributed by atoms with Crippen molar-refractivity contribution in [3.63, 3.8) is 0 Å². The Morgan fingerprint density at radius 1 is 1.28 bits per heavy atom. The highest BCUT2D eigenvalue weighted by Gasteiger charge is 2.62. The van der Waals surface area contributed by atoms with Gasteiger partial charge in [0, 0.05) is 18.3 Å². The topological polar surface area (TPSA) is 94.5 Å². The predicted molar refractivity (Wildman–Crippen MR) is 87.1 cm³/mol. The number of rotatable bonds is 4. The maximum Gasteiger partial charge on any atom is 0.332 e. The molecule has 144 valence electrons. The van der Waals surface area contributed by atoms with Gasteiger partial charge in [0.2, 0.25) is 0 Å². The molecular formula is C18H30O7. The molecule has 2 aliphatic heterocycles. The van der Waals surface area contributed by atoms with Gasteiger partial charge in [-0.05, 0) is 39.0 Å². The third-order valence-electron chi connectivity index (χ3n) is 6.00. The van der Waals surface area contributed by atoms with Crippen molar-refractivity contribution >= 4 is 5.97 Å². The Bertz CT molecular complexity index is 494. The van der Waals surface area contributed by atoms with Gasteiger partial charge in [0.05, 0.1) is 6.61 Å². The highest BCUT2D eigenvalue weighted by atomic mass is 16.8. The predicted octanol–water partition coefficient (Wildman–Crippen LogP) is 1.55. The summed E-state index contributed by atoms with van der Waals surface area (Å²) in [6, 6.07) is 0. The summed E-state index contributed by atoms with van der Waals surface area (Å²) >= 11 is 0. The molecule has 0 bridgehead atoms. The van der Waals surface area contributed by atoms with Gasteiger partial charge in [0.1, 0.15) is 12.2 Å². The van der Waals surface area contributed by atoms with E-state index in [-0.39, 0.29) is 24.4 Å². The van der Waals surface area contributed by atoms with Gasteiger partial charge in [-0.3, -0.25) is 0 Å². The molecule has 0 radical (unpaired) electrons. The fraction of sp³-hybridized carbons (Fsp3) is 0.944. The number of carbonyl (C=O) groups excluding carboxylic acids is 1. The molecule has 25 heavy (non-hydrogen) atoms. The molecule has 0 aromatic carbocycles. The summed E-state index contributed by atoms with van der Waals surface area (Å²) in [6.45, 7) is 5.39. The van der Waals surface area contributed by atoms with E-state index in [2.05, 4.69) is 0 Å². The largest absolute Gasteiger partial charge is 0.464 e. The lowest BCUT2D eigenvalue weighted by atomic mass is 9.61. The van der Waals surface area contributed by atoms with Crippen LogP contribution >= 0.6 is 0 Å². The molecule has 1 aliphatic carbocycles. The summed E-state index contributed by atoms with van der Waals surface area (Å²) in [5.74, 6) is -1.93. The molecule has 0 aromatic rings. The van der Waals surface area contributed by atoms with E-state index in [0.717, 1.165) is 19.3 Å². The second kappa shape index (κ2) is 7.12. The van der Waals surface area contributed by atoms with Gasteiger partial charge in [-0.15, -0.1) is 0 Å². The Balaban J connectivity index is 1.80. The lowest BCUT2D eigenvalue weighted by molar-refractivity contribution is -0.405. The number of hydrogen-bond donors (Lipinski definition) is 2. The van der Waals surface area contributed by atoms with Gasteiger partial charge in [0.15, 0.2) is 18.4 Å². The first-order valence-corrected chi connectivity index (χ1v) is 9.33. The van der Waals surface area contributed by atoms with Crippen molar-refractivity contribution in [3.8, 4) is 0 Å². The minimum Gasteiger partial charge on any atom is -0.464 e. The van der Waals surface area contributed by atoms with Gasteiger partial charge >= 0.3 is 5.97 Å². The zero-order chi connectivity index (χ0) is 18.2. The fourth-order valence-electron chi connectivity index (χ4n) is 4.72. The molecule has 0 spiro atoms. The van der Waals surface area contributed by atoms with Crippen molar-refractivity contribution in [2.24, 2.45) is 17.8 Å². The highest BCUT2D eigenvalue weighted by Crippen LogP contribution is 2.54.